The van der Waals surface area contributed by atoms with Gasteiger partial charge in [-0.1, -0.05) is 36.4 Å². The summed E-state index contributed by atoms with van der Waals surface area (Å²) in [4.78, 5) is 16.3. The predicted molar refractivity (Wildman–Crippen MR) is 95.0 cm³/mol. The van der Waals surface area contributed by atoms with Gasteiger partial charge in [0.2, 0.25) is 5.91 Å². The Bertz CT molecular complexity index is 702. The number of halogens is 1. The van der Waals surface area contributed by atoms with Gasteiger partial charge in [0, 0.05) is 20.1 Å². The zero-order valence-corrected chi connectivity index (χ0v) is 14.8. The van der Waals surface area contributed by atoms with Crippen molar-refractivity contribution in [1.29, 1.82) is 0 Å². The van der Waals surface area contributed by atoms with E-state index in [2.05, 4.69) is 0 Å². The number of likely N-dealkylation sites (N-methyl/N-ethyl adjacent to an activating group) is 2. The van der Waals surface area contributed by atoms with Gasteiger partial charge in [-0.3, -0.25) is 9.69 Å². The van der Waals surface area contributed by atoms with E-state index in [1.165, 1.54) is 17.7 Å². The average molecular weight is 328 g/mol. The first-order chi connectivity index (χ1) is 11.4. The predicted octanol–water partition coefficient (Wildman–Crippen LogP) is 3.61. The fourth-order valence-corrected chi connectivity index (χ4v) is 2.69. The second-order valence-electron chi connectivity index (χ2n) is 6.34. The highest BCUT2D eigenvalue weighted by Gasteiger charge is 2.22. The van der Waals surface area contributed by atoms with Gasteiger partial charge in [-0.15, -0.1) is 0 Å². The van der Waals surface area contributed by atoms with E-state index < -0.39 is 0 Å². The molecular weight excluding hydrogens is 303 g/mol. The fourth-order valence-electron chi connectivity index (χ4n) is 2.69. The average Bonchev–Trinajstić information content (AvgIpc) is 2.55. The van der Waals surface area contributed by atoms with Crippen molar-refractivity contribution in [2.75, 3.05) is 14.1 Å². The molecule has 0 aliphatic rings. The van der Waals surface area contributed by atoms with Gasteiger partial charge in [-0.2, -0.15) is 0 Å². The molecule has 0 saturated heterocycles. The SMILES string of the molecule is Cc1ccccc1CN(C)C(=O)C(C)N(C)Cc1cccc(F)c1. The Hall–Kier alpha value is -2.20. The van der Waals surface area contributed by atoms with Crippen molar-refractivity contribution in [3.63, 3.8) is 0 Å². The number of benzene rings is 2. The van der Waals surface area contributed by atoms with Crippen LogP contribution < -0.4 is 0 Å². The number of carbonyl (C=O) groups is 1. The van der Waals surface area contributed by atoms with Gasteiger partial charge in [0.15, 0.2) is 0 Å². The lowest BCUT2D eigenvalue weighted by Gasteiger charge is -2.28. The quantitative estimate of drug-likeness (QED) is 0.809. The highest BCUT2D eigenvalue weighted by atomic mass is 19.1. The van der Waals surface area contributed by atoms with E-state index in [1.54, 1.807) is 11.0 Å². The molecule has 2 aromatic rings. The molecule has 0 aliphatic carbocycles. The van der Waals surface area contributed by atoms with Gasteiger partial charge < -0.3 is 4.90 Å². The number of rotatable bonds is 6. The Labute approximate surface area is 143 Å². The number of hydrogen-bond donors (Lipinski definition) is 0. The molecule has 3 nitrogen and oxygen atoms in total. The number of amides is 1. The molecule has 0 fully saturated rings. The van der Waals surface area contributed by atoms with Crippen molar-refractivity contribution in [3.8, 4) is 0 Å². The molecule has 2 rings (SSSR count). The van der Waals surface area contributed by atoms with Gasteiger partial charge in [-0.25, -0.2) is 4.39 Å². The Kier molecular flexibility index (Phi) is 6.10. The van der Waals surface area contributed by atoms with Gasteiger partial charge in [-0.05, 0) is 49.7 Å². The number of nitrogens with zero attached hydrogens (tertiary/aromatic N) is 2. The summed E-state index contributed by atoms with van der Waals surface area (Å²) in [5.41, 5.74) is 3.19. The Morgan fingerprint density at radius 2 is 1.79 bits per heavy atom. The summed E-state index contributed by atoms with van der Waals surface area (Å²) in [6.45, 7) is 5.05. The van der Waals surface area contributed by atoms with Gasteiger partial charge in [0.05, 0.1) is 6.04 Å². The monoisotopic (exact) mass is 328 g/mol. The van der Waals surface area contributed by atoms with E-state index in [9.17, 15) is 9.18 Å². The van der Waals surface area contributed by atoms with Crippen LogP contribution in [-0.4, -0.2) is 35.8 Å². The molecule has 1 unspecified atom stereocenters. The number of carbonyl (C=O) groups excluding carboxylic acids is 1. The van der Waals surface area contributed by atoms with E-state index in [4.69, 9.17) is 0 Å². The first kappa shape index (κ1) is 18.1. The maximum Gasteiger partial charge on any atom is 0.239 e. The molecule has 0 N–H and O–H groups in total. The zero-order valence-electron chi connectivity index (χ0n) is 14.8. The summed E-state index contributed by atoms with van der Waals surface area (Å²) in [6, 6.07) is 14.3. The maximum absolute atomic E-state index is 13.3. The topological polar surface area (TPSA) is 23.6 Å². The lowest BCUT2D eigenvalue weighted by atomic mass is 10.1. The minimum Gasteiger partial charge on any atom is -0.340 e. The lowest BCUT2D eigenvalue weighted by molar-refractivity contribution is -0.135. The number of aryl methyl sites for hydroxylation is 1. The summed E-state index contributed by atoms with van der Waals surface area (Å²) in [5.74, 6) is -0.200. The fraction of sp³-hybridized carbons (Fsp3) is 0.350. The third-order valence-corrected chi connectivity index (χ3v) is 4.38. The lowest BCUT2D eigenvalue weighted by Crippen LogP contribution is -2.43. The first-order valence-electron chi connectivity index (χ1n) is 8.12. The van der Waals surface area contributed by atoms with Crippen molar-refractivity contribution in [2.24, 2.45) is 0 Å². The standard InChI is InChI=1S/C20H25FN2O/c1-15-8-5-6-10-18(15)14-23(4)20(24)16(2)22(3)13-17-9-7-11-19(21)12-17/h5-12,16H,13-14H2,1-4H3. The van der Waals surface area contributed by atoms with E-state index in [-0.39, 0.29) is 17.8 Å². The van der Waals surface area contributed by atoms with Crippen LogP contribution in [0.2, 0.25) is 0 Å². The minimum absolute atomic E-state index is 0.0529. The van der Waals surface area contributed by atoms with Crippen molar-refractivity contribution in [3.05, 3.63) is 71.0 Å². The second kappa shape index (κ2) is 8.06. The van der Waals surface area contributed by atoms with Crippen LogP contribution in [0.1, 0.15) is 23.6 Å². The summed E-state index contributed by atoms with van der Waals surface area (Å²) in [5, 5.41) is 0. The van der Waals surface area contributed by atoms with E-state index in [1.807, 2.05) is 63.2 Å². The van der Waals surface area contributed by atoms with Crippen LogP contribution in [0.25, 0.3) is 0 Å². The summed E-state index contributed by atoms with van der Waals surface area (Å²) in [7, 11) is 3.70. The van der Waals surface area contributed by atoms with Gasteiger partial charge in [0.1, 0.15) is 5.82 Å². The van der Waals surface area contributed by atoms with Crippen molar-refractivity contribution >= 4 is 5.91 Å². The van der Waals surface area contributed by atoms with E-state index in [0.717, 1.165) is 11.1 Å². The summed E-state index contributed by atoms with van der Waals surface area (Å²) in [6.07, 6.45) is 0. The maximum atomic E-state index is 13.3. The molecule has 0 bridgehead atoms. The first-order valence-corrected chi connectivity index (χ1v) is 8.12. The second-order valence-corrected chi connectivity index (χ2v) is 6.34. The Morgan fingerprint density at radius 3 is 2.46 bits per heavy atom. The van der Waals surface area contributed by atoms with Crippen LogP contribution in [0.4, 0.5) is 4.39 Å². The highest BCUT2D eigenvalue weighted by Crippen LogP contribution is 2.13. The molecule has 0 saturated carbocycles. The van der Waals surface area contributed by atoms with Crippen LogP contribution in [0.15, 0.2) is 48.5 Å². The van der Waals surface area contributed by atoms with Crippen molar-refractivity contribution in [1.82, 2.24) is 9.80 Å². The molecule has 24 heavy (non-hydrogen) atoms. The smallest absolute Gasteiger partial charge is 0.239 e. The zero-order chi connectivity index (χ0) is 17.7. The third kappa shape index (κ3) is 4.65. The molecule has 0 heterocycles. The minimum atomic E-state index is -0.276. The van der Waals surface area contributed by atoms with Crippen LogP contribution >= 0.6 is 0 Å². The van der Waals surface area contributed by atoms with Gasteiger partial charge in [0.25, 0.3) is 0 Å². The summed E-state index contributed by atoms with van der Waals surface area (Å²) < 4.78 is 13.3. The molecule has 1 atom stereocenters. The number of hydrogen-bond acceptors (Lipinski definition) is 2. The normalized spacial score (nSPS) is 12.2. The largest absolute Gasteiger partial charge is 0.340 e. The Morgan fingerprint density at radius 1 is 1.08 bits per heavy atom. The summed E-state index contributed by atoms with van der Waals surface area (Å²) >= 11 is 0. The third-order valence-electron chi connectivity index (χ3n) is 4.38. The molecule has 0 aliphatic heterocycles. The van der Waals surface area contributed by atoms with Crippen molar-refractivity contribution in [2.45, 2.75) is 33.0 Å². The van der Waals surface area contributed by atoms with E-state index in [0.29, 0.717) is 13.1 Å². The van der Waals surface area contributed by atoms with Crippen LogP contribution in [0.5, 0.6) is 0 Å². The van der Waals surface area contributed by atoms with Gasteiger partial charge >= 0.3 is 0 Å². The van der Waals surface area contributed by atoms with E-state index >= 15 is 0 Å². The molecular formula is C20H25FN2O. The molecule has 0 radical (unpaired) electrons. The Balaban J connectivity index is 1.98. The van der Waals surface area contributed by atoms with Crippen LogP contribution in [0, 0.1) is 12.7 Å². The molecule has 0 aromatic heterocycles. The molecule has 0 spiro atoms. The molecule has 128 valence electrons. The van der Waals surface area contributed by atoms with Crippen molar-refractivity contribution < 1.29 is 9.18 Å². The van der Waals surface area contributed by atoms with Crippen LogP contribution in [0.3, 0.4) is 0 Å². The molecule has 2 aromatic carbocycles. The molecule has 1 amide bonds. The molecule has 4 heteroatoms. The van der Waals surface area contributed by atoms with Crippen LogP contribution in [-0.2, 0) is 17.9 Å². The highest BCUT2D eigenvalue weighted by molar-refractivity contribution is 5.81.